The van der Waals surface area contributed by atoms with Crippen LogP contribution >= 0.6 is 36.2 Å². The molecule has 3 rings (SSSR count). The van der Waals surface area contributed by atoms with Crippen molar-refractivity contribution in [2.45, 2.75) is 26.0 Å². The summed E-state index contributed by atoms with van der Waals surface area (Å²) in [5.74, 6) is 0.0257. The normalized spacial score (nSPS) is 17.8. The molecule has 0 aromatic carbocycles. The van der Waals surface area contributed by atoms with Crippen LogP contribution in [0.3, 0.4) is 0 Å². The predicted molar refractivity (Wildman–Crippen MR) is 108 cm³/mol. The van der Waals surface area contributed by atoms with Crippen molar-refractivity contribution in [1.29, 1.82) is 0 Å². The van der Waals surface area contributed by atoms with Crippen molar-refractivity contribution >= 4 is 42.1 Å². The number of carbonyl (C=O) groups excluding carboxylic acids is 1. The molecule has 6 nitrogen and oxygen atoms in total. The first-order valence-corrected chi connectivity index (χ1v) is 9.01. The van der Waals surface area contributed by atoms with Crippen molar-refractivity contribution in [2.24, 2.45) is 0 Å². The third kappa shape index (κ3) is 5.14. The molecule has 1 amide bonds. The van der Waals surface area contributed by atoms with E-state index in [1.54, 1.807) is 12.4 Å². The Morgan fingerprint density at radius 1 is 1.46 bits per heavy atom. The molecule has 2 atom stereocenters. The highest BCUT2D eigenvalue weighted by Crippen LogP contribution is 2.28. The van der Waals surface area contributed by atoms with E-state index >= 15 is 0 Å². The lowest BCUT2D eigenvalue weighted by Crippen LogP contribution is -2.48. The minimum atomic E-state index is -0.0845. The molecule has 1 aliphatic rings. The van der Waals surface area contributed by atoms with Crippen molar-refractivity contribution in [3.05, 3.63) is 46.2 Å². The summed E-state index contributed by atoms with van der Waals surface area (Å²) in [7, 11) is 0. The fourth-order valence-electron chi connectivity index (χ4n) is 2.86. The SMILES string of the molecule is CCOC(C)c1ncc(C(=O)N2CCNCC2c2cccnc2)s1.Cl.Cl. The number of ether oxygens (including phenoxy) is 1. The fourth-order valence-corrected chi connectivity index (χ4v) is 3.73. The van der Waals surface area contributed by atoms with Gasteiger partial charge in [0.25, 0.3) is 5.91 Å². The summed E-state index contributed by atoms with van der Waals surface area (Å²) in [5.41, 5.74) is 1.05. The fraction of sp³-hybridized carbons (Fsp3) is 0.471. The molecule has 26 heavy (non-hydrogen) atoms. The monoisotopic (exact) mass is 418 g/mol. The standard InChI is InChI=1S/C17H22N4O2S.2ClH/c1-3-23-12(2)16-20-11-15(24-16)17(22)21-8-7-19-10-14(21)13-5-4-6-18-9-13;;/h4-6,9,11-12,14,19H,3,7-8,10H2,1-2H3;2*1H. The van der Waals surface area contributed by atoms with Crippen molar-refractivity contribution in [1.82, 2.24) is 20.2 Å². The quantitative estimate of drug-likeness (QED) is 0.806. The third-order valence-corrected chi connectivity index (χ3v) is 5.22. The van der Waals surface area contributed by atoms with Crippen LogP contribution in [0.15, 0.2) is 30.7 Å². The molecule has 2 aromatic rings. The van der Waals surface area contributed by atoms with Gasteiger partial charge in [-0.2, -0.15) is 0 Å². The lowest BCUT2D eigenvalue weighted by molar-refractivity contribution is 0.0639. The number of pyridine rings is 1. The number of nitrogens with one attached hydrogen (secondary N) is 1. The van der Waals surface area contributed by atoms with E-state index in [-0.39, 0.29) is 42.9 Å². The number of piperazine rings is 1. The minimum absolute atomic E-state index is 0. The average molecular weight is 419 g/mol. The summed E-state index contributed by atoms with van der Waals surface area (Å²) in [6, 6.07) is 3.91. The second-order valence-corrected chi connectivity index (χ2v) is 6.73. The Kier molecular flexibility index (Phi) is 9.46. The summed E-state index contributed by atoms with van der Waals surface area (Å²) >= 11 is 1.42. The molecule has 1 fully saturated rings. The summed E-state index contributed by atoms with van der Waals surface area (Å²) in [6.45, 7) is 6.74. The van der Waals surface area contributed by atoms with E-state index in [1.165, 1.54) is 11.3 Å². The molecule has 0 aliphatic carbocycles. The molecule has 0 spiro atoms. The van der Waals surface area contributed by atoms with E-state index in [2.05, 4.69) is 15.3 Å². The molecule has 0 saturated carbocycles. The van der Waals surface area contributed by atoms with Gasteiger partial charge in [-0.25, -0.2) is 4.98 Å². The maximum Gasteiger partial charge on any atom is 0.266 e. The first-order chi connectivity index (χ1) is 11.7. The number of hydrogen-bond acceptors (Lipinski definition) is 6. The number of hydrogen-bond donors (Lipinski definition) is 1. The third-order valence-electron chi connectivity index (χ3n) is 4.07. The van der Waals surface area contributed by atoms with Crippen LogP contribution in [0.1, 0.15) is 46.2 Å². The van der Waals surface area contributed by atoms with Gasteiger partial charge in [-0.3, -0.25) is 9.78 Å². The average Bonchev–Trinajstić information content (AvgIpc) is 3.12. The maximum atomic E-state index is 13.0. The van der Waals surface area contributed by atoms with Gasteiger partial charge in [0, 0.05) is 38.6 Å². The first-order valence-electron chi connectivity index (χ1n) is 8.19. The van der Waals surface area contributed by atoms with Crippen LogP contribution in [0.4, 0.5) is 0 Å². The minimum Gasteiger partial charge on any atom is -0.372 e. The van der Waals surface area contributed by atoms with E-state index in [4.69, 9.17) is 4.74 Å². The van der Waals surface area contributed by atoms with E-state index in [0.717, 1.165) is 23.7 Å². The topological polar surface area (TPSA) is 67.3 Å². The Hall–Kier alpha value is -1.25. The number of nitrogens with zero attached hydrogens (tertiary/aromatic N) is 3. The van der Waals surface area contributed by atoms with Crippen LogP contribution in [-0.4, -0.2) is 47.0 Å². The summed E-state index contributed by atoms with van der Waals surface area (Å²) in [5, 5.41) is 4.20. The molecular formula is C17H24Cl2N4O2S. The molecular weight excluding hydrogens is 395 g/mol. The van der Waals surface area contributed by atoms with Gasteiger partial charge in [0.2, 0.25) is 0 Å². The van der Waals surface area contributed by atoms with Gasteiger partial charge in [-0.05, 0) is 25.5 Å². The highest BCUT2D eigenvalue weighted by atomic mass is 35.5. The number of carbonyl (C=O) groups is 1. The van der Waals surface area contributed by atoms with Crippen LogP contribution in [0, 0.1) is 0 Å². The Morgan fingerprint density at radius 2 is 2.27 bits per heavy atom. The molecule has 2 aromatic heterocycles. The number of rotatable bonds is 5. The molecule has 0 bridgehead atoms. The second kappa shape index (κ2) is 10.8. The Labute approximate surface area is 170 Å². The number of halogens is 2. The van der Waals surface area contributed by atoms with E-state index in [1.807, 2.05) is 37.1 Å². The van der Waals surface area contributed by atoms with Gasteiger partial charge in [0.15, 0.2) is 0 Å². The Bertz CT molecular complexity index is 686. The number of thiazole rings is 1. The lowest BCUT2D eigenvalue weighted by atomic mass is 10.1. The molecule has 9 heteroatoms. The van der Waals surface area contributed by atoms with Crippen LogP contribution < -0.4 is 5.32 Å². The zero-order chi connectivity index (χ0) is 16.9. The first kappa shape index (κ1) is 22.8. The Balaban J connectivity index is 0.00000169. The van der Waals surface area contributed by atoms with Crippen molar-refractivity contribution in [2.75, 3.05) is 26.2 Å². The van der Waals surface area contributed by atoms with Gasteiger partial charge in [0.05, 0.1) is 12.2 Å². The van der Waals surface area contributed by atoms with Crippen LogP contribution in [0.25, 0.3) is 0 Å². The second-order valence-electron chi connectivity index (χ2n) is 5.67. The van der Waals surface area contributed by atoms with E-state index in [0.29, 0.717) is 18.0 Å². The molecule has 1 N–H and O–H groups in total. The number of aromatic nitrogens is 2. The van der Waals surface area contributed by atoms with Crippen molar-refractivity contribution in [3.8, 4) is 0 Å². The van der Waals surface area contributed by atoms with Gasteiger partial charge in [0.1, 0.15) is 16.0 Å². The molecule has 2 unspecified atom stereocenters. The predicted octanol–water partition coefficient (Wildman–Crippen LogP) is 3.27. The largest absolute Gasteiger partial charge is 0.372 e. The van der Waals surface area contributed by atoms with Gasteiger partial charge >= 0.3 is 0 Å². The van der Waals surface area contributed by atoms with Gasteiger partial charge in [-0.1, -0.05) is 6.07 Å². The highest BCUT2D eigenvalue weighted by Gasteiger charge is 2.30. The van der Waals surface area contributed by atoms with Crippen LogP contribution in [0.5, 0.6) is 0 Å². The van der Waals surface area contributed by atoms with Crippen LogP contribution in [0.2, 0.25) is 0 Å². The van der Waals surface area contributed by atoms with E-state index < -0.39 is 0 Å². The molecule has 0 radical (unpaired) electrons. The Morgan fingerprint density at radius 3 is 2.96 bits per heavy atom. The molecule has 1 aliphatic heterocycles. The van der Waals surface area contributed by atoms with Gasteiger partial charge in [-0.15, -0.1) is 36.2 Å². The smallest absolute Gasteiger partial charge is 0.266 e. The van der Waals surface area contributed by atoms with E-state index in [9.17, 15) is 4.79 Å². The summed E-state index contributed by atoms with van der Waals surface area (Å²) in [6.07, 6.45) is 5.16. The van der Waals surface area contributed by atoms with Crippen LogP contribution in [-0.2, 0) is 4.74 Å². The maximum absolute atomic E-state index is 13.0. The van der Waals surface area contributed by atoms with Crippen molar-refractivity contribution in [3.63, 3.8) is 0 Å². The molecule has 144 valence electrons. The number of amides is 1. The van der Waals surface area contributed by atoms with Gasteiger partial charge < -0.3 is 15.0 Å². The zero-order valence-electron chi connectivity index (χ0n) is 14.8. The summed E-state index contributed by atoms with van der Waals surface area (Å²) in [4.78, 5) is 24.1. The van der Waals surface area contributed by atoms with Crippen molar-refractivity contribution < 1.29 is 9.53 Å². The summed E-state index contributed by atoms with van der Waals surface area (Å²) < 4.78 is 5.56. The molecule has 1 saturated heterocycles. The molecule has 3 heterocycles. The zero-order valence-corrected chi connectivity index (χ0v) is 17.2. The lowest BCUT2D eigenvalue weighted by Gasteiger charge is -2.36. The highest BCUT2D eigenvalue weighted by molar-refractivity contribution is 7.13.